The summed E-state index contributed by atoms with van der Waals surface area (Å²) in [6.45, 7) is 2.95. The van der Waals surface area contributed by atoms with E-state index in [-0.39, 0.29) is 6.09 Å². The molecule has 0 aliphatic carbocycles. The first kappa shape index (κ1) is 13.3. The van der Waals surface area contributed by atoms with Gasteiger partial charge in [-0.3, -0.25) is 4.98 Å². The topological polar surface area (TPSA) is 54.5 Å². The van der Waals surface area contributed by atoms with Crippen LogP contribution in [0.2, 0.25) is 0 Å². The number of rotatable bonds is 1. The largest absolute Gasteiger partial charge is 0.415 e. The molecule has 0 atom stereocenters. The monoisotopic (exact) mass is 335 g/mol. The summed E-state index contributed by atoms with van der Waals surface area (Å²) < 4.78 is 6.45. The van der Waals surface area contributed by atoms with Crippen LogP contribution in [0.25, 0.3) is 10.9 Å². The zero-order chi connectivity index (χ0) is 13.9. The lowest BCUT2D eigenvalue weighted by atomic mass is 10.2. The lowest BCUT2D eigenvalue weighted by Gasteiger charge is -2.26. The highest BCUT2D eigenvalue weighted by atomic mass is 79.9. The smallest absolute Gasteiger partial charge is 0.409 e. The summed E-state index contributed by atoms with van der Waals surface area (Å²) in [5, 5.41) is 4.03. The Labute approximate surface area is 125 Å². The van der Waals surface area contributed by atoms with Crippen molar-refractivity contribution in [3.63, 3.8) is 0 Å². The summed E-state index contributed by atoms with van der Waals surface area (Å²) in [5.41, 5.74) is 0.804. The maximum atomic E-state index is 12.1. The Bertz CT molecular complexity index is 641. The van der Waals surface area contributed by atoms with Gasteiger partial charge in [-0.25, -0.2) is 4.79 Å². The van der Waals surface area contributed by atoms with Crippen molar-refractivity contribution in [1.82, 2.24) is 15.2 Å². The number of nitrogens with zero attached hydrogens (tertiary/aromatic N) is 2. The number of carbonyl (C=O) groups is 1. The van der Waals surface area contributed by atoms with E-state index in [1.165, 1.54) is 0 Å². The van der Waals surface area contributed by atoms with Crippen molar-refractivity contribution in [2.45, 2.75) is 0 Å². The Balaban J connectivity index is 1.86. The quantitative estimate of drug-likeness (QED) is 0.869. The second-order valence-electron chi connectivity index (χ2n) is 4.58. The number of ether oxygens (including phenoxy) is 1. The number of pyridine rings is 1. The van der Waals surface area contributed by atoms with Gasteiger partial charge in [0.15, 0.2) is 0 Å². The molecule has 6 heteroatoms. The van der Waals surface area contributed by atoms with Gasteiger partial charge in [0.2, 0.25) is 0 Å². The van der Waals surface area contributed by atoms with Crippen molar-refractivity contribution in [2.75, 3.05) is 26.2 Å². The van der Waals surface area contributed by atoms with Gasteiger partial charge in [0.05, 0.1) is 5.52 Å². The van der Waals surface area contributed by atoms with Crippen LogP contribution in [0.3, 0.4) is 0 Å². The average molecular weight is 336 g/mol. The average Bonchev–Trinajstić information content (AvgIpc) is 2.49. The van der Waals surface area contributed by atoms with Crippen molar-refractivity contribution in [3.05, 3.63) is 34.9 Å². The van der Waals surface area contributed by atoms with Crippen molar-refractivity contribution in [1.29, 1.82) is 0 Å². The summed E-state index contributed by atoms with van der Waals surface area (Å²) in [5.74, 6) is 0.542. The zero-order valence-electron chi connectivity index (χ0n) is 10.8. The molecule has 0 unspecified atom stereocenters. The van der Waals surface area contributed by atoms with Gasteiger partial charge >= 0.3 is 6.09 Å². The first-order valence-electron chi connectivity index (χ1n) is 6.46. The molecular formula is C14H14BrN3O2. The normalized spacial score (nSPS) is 15.3. The highest BCUT2D eigenvalue weighted by Crippen LogP contribution is 2.27. The SMILES string of the molecule is O=C(Oc1ccnc2ccc(Br)cc12)N1CCNCC1. The first-order chi connectivity index (χ1) is 9.74. The van der Waals surface area contributed by atoms with E-state index in [2.05, 4.69) is 26.2 Å². The number of halogens is 1. The van der Waals surface area contributed by atoms with Gasteiger partial charge in [-0.15, -0.1) is 0 Å². The van der Waals surface area contributed by atoms with E-state index in [0.717, 1.165) is 28.5 Å². The Morgan fingerprint density at radius 1 is 1.30 bits per heavy atom. The number of nitrogens with one attached hydrogen (secondary N) is 1. The minimum absolute atomic E-state index is 0.307. The van der Waals surface area contributed by atoms with Crippen LogP contribution in [-0.4, -0.2) is 42.2 Å². The lowest BCUT2D eigenvalue weighted by Crippen LogP contribution is -2.47. The number of carbonyl (C=O) groups excluding carboxylic acids is 1. The molecule has 1 aliphatic heterocycles. The number of amides is 1. The molecule has 1 amide bonds. The molecule has 0 radical (unpaired) electrons. The molecule has 1 saturated heterocycles. The fourth-order valence-electron chi connectivity index (χ4n) is 2.19. The maximum absolute atomic E-state index is 12.1. The molecule has 1 aliphatic rings. The van der Waals surface area contributed by atoms with Crippen LogP contribution in [0, 0.1) is 0 Å². The molecule has 5 nitrogen and oxygen atoms in total. The molecule has 0 saturated carbocycles. The fraction of sp³-hybridized carbons (Fsp3) is 0.286. The maximum Gasteiger partial charge on any atom is 0.415 e. The third-order valence-electron chi connectivity index (χ3n) is 3.24. The van der Waals surface area contributed by atoms with Crippen LogP contribution < -0.4 is 10.1 Å². The molecule has 0 spiro atoms. The summed E-state index contributed by atoms with van der Waals surface area (Å²) in [6.07, 6.45) is 1.34. The van der Waals surface area contributed by atoms with Crippen molar-refractivity contribution in [3.8, 4) is 5.75 Å². The molecule has 0 bridgehead atoms. The standard InChI is InChI=1S/C14H14BrN3O2/c15-10-1-2-12-11(9-10)13(3-4-17-12)20-14(19)18-7-5-16-6-8-18/h1-4,9,16H,5-8H2. The lowest BCUT2D eigenvalue weighted by molar-refractivity contribution is 0.146. The first-order valence-corrected chi connectivity index (χ1v) is 7.25. The van der Waals surface area contributed by atoms with Gasteiger partial charge in [-0.2, -0.15) is 0 Å². The highest BCUT2D eigenvalue weighted by molar-refractivity contribution is 9.10. The second kappa shape index (κ2) is 5.76. The van der Waals surface area contributed by atoms with Gasteiger partial charge in [0, 0.05) is 42.2 Å². The predicted molar refractivity (Wildman–Crippen MR) is 79.9 cm³/mol. The number of hydrogen-bond acceptors (Lipinski definition) is 4. The molecule has 1 aromatic heterocycles. The Morgan fingerprint density at radius 3 is 2.90 bits per heavy atom. The highest BCUT2D eigenvalue weighted by Gasteiger charge is 2.19. The summed E-state index contributed by atoms with van der Waals surface area (Å²) in [4.78, 5) is 18.1. The van der Waals surface area contributed by atoms with Crippen molar-refractivity contribution < 1.29 is 9.53 Å². The summed E-state index contributed by atoms with van der Waals surface area (Å²) in [7, 11) is 0. The van der Waals surface area contributed by atoms with E-state index in [1.54, 1.807) is 17.2 Å². The minimum atomic E-state index is -0.307. The zero-order valence-corrected chi connectivity index (χ0v) is 12.4. The molecule has 1 fully saturated rings. The molecular weight excluding hydrogens is 322 g/mol. The molecule has 1 N–H and O–H groups in total. The van der Waals surface area contributed by atoms with Crippen LogP contribution in [0.4, 0.5) is 4.79 Å². The van der Waals surface area contributed by atoms with Gasteiger partial charge in [-0.1, -0.05) is 15.9 Å². The fourth-order valence-corrected chi connectivity index (χ4v) is 2.55. The number of fused-ring (bicyclic) bond motifs is 1. The third kappa shape index (κ3) is 2.76. The van der Waals surface area contributed by atoms with Crippen LogP contribution in [0.5, 0.6) is 5.75 Å². The van der Waals surface area contributed by atoms with Gasteiger partial charge in [-0.05, 0) is 24.3 Å². The van der Waals surface area contributed by atoms with Crippen LogP contribution in [0.1, 0.15) is 0 Å². The van der Waals surface area contributed by atoms with Crippen molar-refractivity contribution in [2.24, 2.45) is 0 Å². The predicted octanol–water partition coefficient (Wildman–Crippen LogP) is 2.40. The van der Waals surface area contributed by atoms with E-state index in [9.17, 15) is 4.79 Å². The van der Waals surface area contributed by atoms with Crippen LogP contribution in [0.15, 0.2) is 34.9 Å². The van der Waals surface area contributed by atoms with Gasteiger partial charge < -0.3 is 15.0 Å². The van der Waals surface area contributed by atoms with E-state index in [0.29, 0.717) is 18.8 Å². The van der Waals surface area contributed by atoms with E-state index in [1.807, 2.05) is 18.2 Å². The van der Waals surface area contributed by atoms with Crippen LogP contribution in [-0.2, 0) is 0 Å². The Hall–Kier alpha value is -1.66. The third-order valence-corrected chi connectivity index (χ3v) is 3.73. The Kier molecular flexibility index (Phi) is 3.84. The molecule has 1 aromatic carbocycles. The van der Waals surface area contributed by atoms with Crippen LogP contribution >= 0.6 is 15.9 Å². The van der Waals surface area contributed by atoms with Gasteiger partial charge in [0.1, 0.15) is 5.75 Å². The van der Waals surface area contributed by atoms with E-state index < -0.39 is 0 Å². The van der Waals surface area contributed by atoms with Crippen molar-refractivity contribution >= 4 is 32.9 Å². The van der Waals surface area contributed by atoms with E-state index in [4.69, 9.17) is 4.74 Å². The Morgan fingerprint density at radius 2 is 2.10 bits per heavy atom. The molecule has 20 heavy (non-hydrogen) atoms. The molecule has 2 aromatic rings. The molecule has 3 rings (SSSR count). The van der Waals surface area contributed by atoms with Gasteiger partial charge in [0.25, 0.3) is 0 Å². The second-order valence-corrected chi connectivity index (χ2v) is 5.49. The number of piperazine rings is 1. The summed E-state index contributed by atoms with van der Waals surface area (Å²) in [6, 6.07) is 7.43. The number of aromatic nitrogens is 1. The number of benzene rings is 1. The number of hydrogen-bond donors (Lipinski definition) is 1. The minimum Gasteiger partial charge on any atom is -0.409 e. The molecule has 104 valence electrons. The molecule has 2 heterocycles. The summed E-state index contributed by atoms with van der Waals surface area (Å²) >= 11 is 3.42. The van der Waals surface area contributed by atoms with E-state index >= 15 is 0 Å².